The third-order valence-corrected chi connectivity index (χ3v) is 6.89. The summed E-state index contributed by atoms with van der Waals surface area (Å²) in [7, 11) is 0. The normalized spacial score (nSPS) is 13.3. The molecule has 0 saturated carbocycles. The van der Waals surface area contributed by atoms with Gasteiger partial charge in [0.1, 0.15) is 5.75 Å². The van der Waals surface area contributed by atoms with E-state index in [1.54, 1.807) is 12.1 Å². The van der Waals surface area contributed by atoms with Gasteiger partial charge in [0.25, 0.3) is 5.91 Å². The maximum atomic E-state index is 13.5. The molecule has 0 aliphatic carbocycles. The Bertz CT molecular complexity index is 1180. The van der Waals surface area contributed by atoms with Gasteiger partial charge >= 0.3 is 5.97 Å². The van der Waals surface area contributed by atoms with Gasteiger partial charge in [-0.3, -0.25) is 4.79 Å². The zero-order chi connectivity index (χ0) is 24.6. The Morgan fingerprint density at radius 1 is 0.971 bits per heavy atom. The highest BCUT2D eigenvalue weighted by atomic mass is 32.2. The van der Waals surface area contributed by atoms with E-state index in [0.29, 0.717) is 17.9 Å². The summed E-state index contributed by atoms with van der Waals surface area (Å²) in [4.78, 5) is 27.7. The van der Waals surface area contributed by atoms with Gasteiger partial charge in [-0.05, 0) is 47.9 Å². The number of carboxylic acid groups (broad SMARTS) is 1. The number of unbranched alkanes of at least 4 members (excludes halogenated alkanes) is 1. The van der Waals surface area contributed by atoms with E-state index in [1.807, 2.05) is 60.3 Å². The van der Waals surface area contributed by atoms with E-state index in [0.717, 1.165) is 54.3 Å². The average Bonchev–Trinajstić information content (AvgIpc) is 2.89. The quantitative estimate of drug-likeness (QED) is 0.356. The number of hydrogen-bond donors (Lipinski definition) is 2. The van der Waals surface area contributed by atoms with Gasteiger partial charge in [-0.1, -0.05) is 49.7 Å². The maximum Gasteiger partial charge on any atom is 0.337 e. The van der Waals surface area contributed by atoms with Crippen LogP contribution in [0.3, 0.4) is 0 Å². The molecule has 4 rings (SSSR count). The zero-order valence-electron chi connectivity index (χ0n) is 19.8. The van der Waals surface area contributed by atoms with Gasteiger partial charge < -0.3 is 20.1 Å². The van der Waals surface area contributed by atoms with E-state index in [2.05, 4.69) is 17.1 Å². The van der Waals surface area contributed by atoms with Crippen molar-refractivity contribution in [2.75, 3.05) is 41.4 Å². The second kappa shape index (κ2) is 11.8. The highest BCUT2D eigenvalue weighted by Crippen LogP contribution is 2.30. The molecule has 7 heteroatoms. The van der Waals surface area contributed by atoms with Crippen LogP contribution >= 0.6 is 11.8 Å². The van der Waals surface area contributed by atoms with Crippen LogP contribution in [0, 0.1) is 0 Å². The molecule has 2 N–H and O–H groups in total. The van der Waals surface area contributed by atoms with Gasteiger partial charge in [-0.15, -0.1) is 0 Å². The monoisotopic (exact) mass is 490 g/mol. The lowest BCUT2D eigenvalue weighted by Crippen LogP contribution is -2.32. The summed E-state index contributed by atoms with van der Waals surface area (Å²) in [5, 5.41) is 12.6. The zero-order valence-corrected chi connectivity index (χ0v) is 20.6. The predicted octanol–water partition coefficient (Wildman–Crippen LogP) is 6.04. The number of anilines is 2. The van der Waals surface area contributed by atoms with E-state index in [9.17, 15) is 14.7 Å². The highest BCUT2D eigenvalue weighted by molar-refractivity contribution is 7.99. The summed E-state index contributed by atoms with van der Waals surface area (Å²) in [5.41, 5.74) is 3.42. The Balaban J connectivity index is 1.67. The molecular formula is C28H30N2O4S. The molecule has 0 unspecified atom stereocenters. The molecule has 3 aromatic carbocycles. The number of nitrogens with one attached hydrogen (secondary N) is 1. The number of carbonyl (C=O) groups is 2. The summed E-state index contributed by atoms with van der Waals surface area (Å²) in [6, 6.07) is 20.3. The molecule has 0 aromatic heterocycles. The SMILES string of the molecule is CCCCOc1ccc(N2CCSCC2)cc1C(=O)Nc1cc(-c2ccccc2)ccc1C(=O)O. The molecule has 1 aliphatic heterocycles. The largest absolute Gasteiger partial charge is 0.493 e. The number of hydrogen-bond acceptors (Lipinski definition) is 5. The molecular weight excluding hydrogens is 460 g/mol. The number of carbonyl (C=O) groups excluding carboxylic acids is 1. The molecule has 1 fully saturated rings. The number of aromatic carboxylic acids is 1. The fraction of sp³-hybridized carbons (Fsp3) is 0.286. The molecule has 0 radical (unpaired) electrons. The van der Waals surface area contributed by atoms with E-state index < -0.39 is 11.9 Å². The second-order valence-electron chi connectivity index (χ2n) is 8.37. The first-order chi connectivity index (χ1) is 17.1. The van der Waals surface area contributed by atoms with Crippen LogP contribution in [-0.2, 0) is 0 Å². The molecule has 3 aromatic rings. The van der Waals surface area contributed by atoms with Gasteiger partial charge in [0.2, 0.25) is 0 Å². The third-order valence-electron chi connectivity index (χ3n) is 5.94. The van der Waals surface area contributed by atoms with Gasteiger partial charge in [0.05, 0.1) is 23.4 Å². The van der Waals surface area contributed by atoms with E-state index in [4.69, 9.17) is 4.74 Å². The predicted molar refractivity (Wildman–Crippen MR) is 143 cm³/mol. The van der Waals surface area contributed by atoms with E-state index in [-0.39, 0.29) is 11.3 Å². The van der Waals surface area contributed by atoms with Crippen LogP contribution in [0.15, 0.2) is 66.7 Å². The minimum atomic E-state index is -1.10. The van der Waals surface area contributed by atoms with Crippen molar-refractivity contribution in [3.63, 3.8) is 0 Å². The van der Waals surface area contributed by atoms with E-state index in [1.165, 1.54) is 6.07 Å². The van der Waals surface area contributed by atoms with Crippen LogP contribution in [0.2, 0.25) is 0 Å². The Morgan fingerprint density at radius 3 is 2.46 bits per heavy atom. The molecule has 1 saturated heterocycles. The van der Waals surface area contributed by atoms with Crippen molar-refractivity contribution in [2.24, 2.45) is 0 Å². The molecule has 6 nitrogen and oxygen atoms in total. The van der Waals surface area contributed by atoms with Gasteiger partial charge in [-0.25, -0.2) is 4.79 Å². The van der Waals surface area contributed by atoms with Crippen molar-refractivity contribution in [3.05, 3.63) is 77.9 Å². The number of nitrogens with zero attached hydrogens (tertiary/aromatic N) is 1. The van der Waals surface area contributed by atoms with Crippen molar-refractivity contribution in [1.82, 2.24) is 0 Å². The van der Waals surface area contributed by atoms with Crippen molar-refractivity contribution in [2.45, 2.75) is 19.8 Å². The molecule has 0 spiro atoms. The summed E-state index contributed by atoms with van der Waals surface area (Å²) in [6.45, 7) is 4.44. The van der Waals surface area contributed by atoms with Crippen molar-refractivity contribution < 1.29 is 19.4 Å². The van der Waals surface area contributed by atoms with Crippen LogP contribution in [0.5, 0.6) is 5.75 Å². The summed E-state index contributed by atoms with van der Waals surface area (Å²) in [5.74, 6) is 1.10. The Labute approximate surface area is 210 Å². The lowest BCUT2D eigenvalue weighted by Gasteiger charge is -2.29. The van der Waals surface area contributed by atoms with Gasteiger partial charge in [0, 0.05) is 30.3 Å². The lowest BCUT2D eigenvalue weighted by atomic mass is 10.0. The minimum absolute atomic E-state index is 0.0377. The summed E-state index contributed by atoms with van der Waals surface area (Å²) in [6.07, 6.45) is 1.87. The van der Waals surface area contributed by atoms with Crippen molar-refractivity contribution >= 4 is 35.0 Å². The van der Waals surface area contributed by atoms with Crippen molar-refractivity contribution in [3.8, 4) is 16.9 Å². The Morgan fingerprint density at radius 2 is 1.74 bits per heavy atom. The van der Waals surface area contributed by atoms with E-state index >= 15 is 0 Å². The molecule has 0 atom stereocenters. The Hall–Kier alpha value is -3.45. The van der Waals surface area contributed by atoms with Crippen LogP contribution in [0.4, 0.5) is 11.4 Å². The number of amides is 1. The smallest absolute Gasteiger partial charge is 0.337 e. The number of rotatable bonds is 9. The molecule has 1 heterocycles. The summed E-state index contributed by atoms with van der Waals surface area (Å²) < 4.78 is 5.95. The molecule has 1 amide bonds. The number of ether oxygens (including phenoxy) is 1. The number of thioether (sulfide) groups is 1. The number of benzene rings is 3. The standard InChI is InChI=1S/C28H30N2O4S/c1-2-3-15-34-26-12-10-22(30-13-16-35-17-14-30)19-24(26)27(31)29-25-18-21(9-11-23(25)28(32)33)20-7-5-4-6-8-20/h4-12,18-19H,2-3,13-17H2,1H3,(H,29,31)(H,32,33). The topological polar surface area (TPSA) is 78.9 Å². The minimum Gasteiger partial charge on any atom is -0.493 e. The number of carboxylic acids is 1. The highest BCUT2D eigenvalue weighted by Gasteiger charge is 2.20. The third kappa shape index (κ3) is 6.17. The maximum absolute atomic E-state index is 13.5. The van der Waals surface area contributed by atoms with Crippen LogP contribution in [0.25, 0.3) is 11.1 Å². The van der Waals surface area contributed by atoms with Crippen molar-refractivity contribution in [1.29, 1.82) is 0 Å². The molecule has 0 bridgehead atoms. The molecule has 1 aliphatic rings. The second-order valence-corrected chi connectivity index (χ2v) is 9.59. The van der Waals surface area contributed by atoms with Crippen LogP contribution in [0.1, 0.15) is 40.5 Å². The van der Waals surface area contributed by atoms with Crippen LogP contribution in [-0.4, -0.2) is 48.2 Å². The first-order valence-electron chi connectivity index (χ1n) is 11.9. The van der Waals surface area contributed by atoms with Crippen LogP contribution < -0.4 is 15.0 Å². The van der Waals surface area contributed by atoms with Gasteiger partial charge in [0.15, 0.2) is 0 Å². The molecule has 182 valence electrons. The lowest BCUT2D eigenvalue weighted by molar-refractivity contribution is 0.0698. The molecule has 35 heavy (non-hydrogen) atoms. The fourth-order valence-electron chi connectivity index (χ4n) is 4.00. The Kier molecular flexibility index (Phi) is 8.32. The average molecular weight is 491 g/mol. The summed E-state index contributed by atoms with van der Waals surface area (Å²) >= 11 is 1.92. The first-order valence-corrected chi connectivity index (χ1v) is 13.1. The first kappa shape index (κ1) is 24.7. The van der Waals surface area contributed by atoms with Gasteiger partial charge in [-0.2, -0.15) is 11.8 Å². The fourth-order valence-corrected chi connectivity index (χ4v) is 4.90.